The zero-order valence-corrected chi connectivity index (χ0v) is 22.4. The first-order valence-corrected chi connectivity index (χ1v) is 13.2. The summed E-state index contributed by atoms with van der Waals surface area (Å²) >= 11 is 8.53. The van der Waals surface area contributed by atoms with Gasteiger partial charge in [-0.15, -0.1) is 11.3 Å². The number of carboxylic acids is 1. The fraction of sp³-hybridized carbons (Fsp3) is 0.115. The molecule has 0 fully saturated rings. The Morgan fingerprint density at radius 3 is 2.29 bits per heavy atom. The third kappa shape index (κ3) is 6.78. The summed E-state index contributed by atoms with van der Waals surface area (Å²) in [4.78, 5) is 27.8. The van der Waals surface area contributed by atoms with E-state index in [1.165, 1.54) is 11.3 Å². The molecule has 1 heterocycles. The molecule has 0 aliphatic heterocycles. The Kier molecular flexibility index (Phi) is 8.33. The van der Waals surface area contributed by atoms with Crippen LogP contribution < -0.4 is 10.6 Å². The molecule has 0 saturated carbocycles. The Morgan fingerprint density at radius 1 is 0.943 bits per heavy atom. The number of aliphatic carboxylic acids is 1. The Balaban J connectivity index is 1.57. The SMILES string of the molecule is O=C(O)CCNC(=O)c1ccc(C(Nc2nc(-c3cccc(Br)c3)cs2)c2ccc(Br)cc2)cc1. The highest BCUT2D eigenvalue weighted by Gasteiger charge is 2.17. The van der Waals surface area contributed by atoms with E-state index in [4.69, 9.17) is 10.1 Å². The number of anilines is 1. The normalized spacial score (nSPS) is 11.6. The van der Waals surface area contributed by atoms with Crippen molar-refractivity contribution in [3.05, 3.63) is 104 Å². The third-order valence-electron chi connectivity index (χ3n) is 5.23. The first kappa shape index (κ1) is 25.1. The highest BCUT2D eigenvalue weighted by molar-refractivity contribution is 9.10. The van der Waals surface area contributed by atoms with Gasteiger partial charge in [0, 0.05) is 32.0 Å². The molecule has 178 valence electrons. The van der Waals surface area contributed by atoms with Crippen LogP contribution in [0.3, 0.4) is 0 Å². The van der Waals surface area contributed by atoms with E-state index in [9.17, 15) is 9.59 Å². The lowest BCUT2D eigenvalue weighted by molar-refractivity contribution is -0.136. The van der Waals surface area contributed by atoms with Gasteiger partial charge < -0.3 is 15.7 Å². The van der Waals surface area contributed by atoms with Crippen molar-refractivity contribution in [2.75, 3.05) is 11.9 Å². The van der Waals surface area contributed by atoms with Crippen LogP contribution in [0.4, 0.5) is 5.13 Å². The van der Waals surface area contributed by atoms with Crippen LogP contribution in [-0.2, 0) is 4.79 Å². The molecule has 4 rings (SSSR count). The quantitative estimate of drug-likeness (QED) is 0.194. The second-order valence-corrected chi connectivity index (χ2v) is 10.4. The van der Waals surface area contributed by atoms with Crippen LogP contribution in [0.5, 0.6) is 0 Å². The van der Waals surface area contributed by atoms with E-state index in [1.807, 2.05) is 66.0 Å². The number of hydrogen-bond acceptors (Lipinski definition) is 5. The predicted molar refractivity (Wildman–Crippen MR) is 146 cm³/mol. The van der Waals surface area contributed by atoms with Crippen LogP contribution in [-0.4, -0.2) is 28.5 Å². The zero-order chi connectivity index (χ0) is 24.8. The van der Waals surface area contributed by atoms with Gasteiger partial charge in [-0.05, 0) is 47.5 Å². The number of halogens is 2. The van der Waals surface area contributed by atoms with E-state index >= 15 is 0 Å². The molecule has 0 aliphatic rings. The van der Waals surface area contributed by atoms with Gasteiger partial charge in [0.15, 0.2) is 5.13 Å². The predicted octanol–water partition coefficient (Wildman–Crippen LogP) is 6.74. The molecular formula is C26H21Br2N3O3S. The molecule has 0 saturated heterocycles. The Hall–Kier alpha value is -3.01. The summed E-state index contributed by atoms with van der Waals surface area (Å²) in [6.45, 7) is 0.0867. The second kappa shape index (κ2) is 11.6. The van der Waals surface area contributed by atoms with Crippen LogP contribution in [0.1, 0.15) is 33.9 Å². The molecule has 1 aromatic heterocycles. The Morgan fingerprint density at radius 2 is 1.63 bits per heavy atom. The van der Waals surface area contributed by atoms with E-state index < -0.39 is 5.97 Å². The van der Waals surface area contributed by atoms with Gasteiger partial charge in [0.25, 0.3) is 5.91 Å². The van der Waals surface area contributed by atoms with Crippen molar-refractivity contribution in [2.24, 2.45) is 0 Å². The van der Waals surface area contributed by atoms with E-state index in [2.05, 4.69) is 42.5 Å². The second-order valence-electron chi connectivity index (χ2n) is 7.70. The molecule has 0 aliphatic carbocycles. The number of hydrogen-bond donors (Lipinski definition) is 3. The summed E-state index contributed by atoms with van der Waals surface area (Å²) in [6, 6.07) is 23.2. The molecule has 3 N–H and O–H groups in total. The molecule has 0 bridgehead atoms. The Labute approximate surface area is 223 Å². The van der Waals surface area contributed by atoms with Crippen molar-refractivity contribution in [2.45, 2.75) is 12.5 Å². The fourth-order valence-corrected chi connectivity index (χ4v) is 4.88. The molecule has 3 aromatic carbocycles. The maximum Gasteiger partial charge on any atom is 0.305 e. The minimum absolute atomic E-state index is 0.0867. The molecule has 1 amide bonds. The topological polar surface area (TPSA) is 91.3 Å². The summed E-state index contributed by atoms with van der Waals surface area (Å²) in [5.41, 5.74) is 4.41. The van der Waals surface area contributed by atoms with Crippen molar-refractivity contribution < 1.29 is 14.7 Å². The van der Waals surface area contributed by atoms with E-state index in [0.717, 1.165) is 36.5 Å². The average molecular weight is 615 g/mol. The van der Waals surface area contributed by atoms with Gasteiger partial charge in [-0.3, -0.25) is 9.59 Å². The monoisotopic (exact) mass is 613 g/mol. The van der Waals surface area contributed by atoms with Crippen LogP contribution in [0.15, 0.2) is 87.1 Å². The van der Waals surface area contributed by atoms with Gasteiger partial charge in [-0.2, -0.15) is 0 Å². The molecule has 1 unspecified atom stereocenters. The van der Waals surface area contributed by atoms with E-state index in [0.29, 0.717) is 5.56 Å². The fourth-order valence-electron chi connectivity index (χ4n) is 3.47. The first-order valence-electron chi connectivity index (χ1n) is 10.7. The van der Waals surface area contributed by atoms with Crippen molar-refractivity contribution in [3.63, 3.8) is 0 Å². The summed E-state index contributed by atoms with van der Waals surface area (Å²) < 4.78 is 1.98. The van der Waals surface area contributed by atoms with Gasteiger partial charge in [0.2, 0.25) is 0 Å². The van der Waals surface area contributed by atoms with Gasteiger partial charge in [-0.1, -0.05) is 68.3 Å². The number of nitrogens with one attached hydrogen (secondary N) is 2. The number of carboxylic acid groups (broad SMARTS) is 1. The first-order chi connectivity index (χ1) is 16.9. The summed E-state index contributed by atoms with van der Waals surface area (Å²) in [5, 5.41) is 17.7. The maximum atomic E-state index is 12.3. The average Bonchev–Trinajstić information content (AvgIpc) is 3.32. The summed E-state index contributed by atoms with van der Waals surface area (Å²) in [7, 11) is 0. The highest BCUT2D eigenvalue weighted by atomic mass is 79.9. The lowest BCUT2D eigenvalue weighted by Gasteiger charge is -2.20. The third-order valence-corrected chi connectivity index (χ3v) is 7.02. The van der Waals surface area contributed by atoms with Crippen LogP contribution in [0.2, 0.25) is 0 Å². The van der Waals surface area contributed by atoms with Crippen LogP contribution >= 0.6 is 43.2 Å². The van der Waals surface area contributed by atoms with Crippen LogP contribution in [0, 0.1) is 0 Å². The minimum atomic E-state index is -0.950. The molecular weight excluding hydrogens is 594 g/mol. The molecule has 0 radical (unpaired) electrons. The summed E-state index contributed by atoms with van der Waals surface area (Å²) in [6.07, 6.45) is -0.116. The number of aromatic nitrogens is 1. The number of benzene rings is 3. The van der Waals surface area contributed by atoms with Crippen LogP contribution in [0.25, 0.3) is 11.3 Å². The molecule has 6 nitrogen and oxygen atoms in total. The lowest BCUT2D eigenvalue weighted by Crippen LogP contribution is -2.26. The molecule has 1 atom stereocenters. The maximum absolute atomic E-state index is 12.3. The largest absolute Gasteiger partial charge is 0.481 e. The smallest absolute Gasteiger partial charge is 0.305 e. The standard InChI is InChI=1S/C26H21Br2N3O3S/c27-20-10-8-17(9-11-20)24(16-4-6-18(7-5-16)25(34)29-13-12-23(32)33)31-26-30-22(15-35-26)19-2-1-3-21(28)14-19/h1-11,14-15,24H,12-13H2,(H,29,34)(H,30,31)(H,32,33). The number of rotatable bonds is 9. The van der Waals surface area contributed by atoms with Gasteiger partial charge in [-0.25, -0.2) is 4.98 Å². The number of nitrogens with zero attached hydrogens (tertiary/aromatic N) is 1. The number of amides is 1. The van der Waals surface area contributed by atoms with E-state index in [1.54, 1.807) is 12.1 Å². The minimum Gasteiger partial charge on any atom is -0.481 e. The van der Waals surface area contributed by atoms with Gasteiger partial charge >= 0.3 is 5.97 Å². The van der Waals surface area contributed by atoms with Crippen molar-refractivity contribution in [1.82, 2.24) is 10.3 Å². The molecule has 4 aromatic rings. The molecule has 9 heteroatoms. The lowest BCUT2D eigenvalue weighted by atomic mass is 9.97. The van der Waals surface area contributed by atoms with Crippen molar-refractivity contribution >= 4 is 60.2 Å². The molecule has 0 spiro atoms. The zero-order valence-electron chi connectivity index (χ0n) is 18.4. The van der Waals surface area contributed by atoms with Gasteiger partial charge in [0.1, 0.15) is 0 Å². The molecule has 35 heavy (non-hydrogen) atoms. The van der Waals surface area contributed by atoms with Crippen molar-refractivity contribution in [1.29, 1.82) is 0 Å². The van der Waals surface area contributed by atoms with Crippen molar-refractivity contribution in [3.8, 4) is 11.3 Å². The number of carbonyl (C=O) groups is 2. The van der Waals surface area contributed by atoms with Gasteiger partial charge in [0.05, 0.1) is 18.2 Å². The summed E-state index contributed by atoms with van der Waals surface area (Å²) in [5.74, 6) is -1.25. The number of carbonyl (C=O) groups excluding carboxylic acids is 1. The highest BCUT2D eigenvalue weighted by Crippen LogP contribution is 2.32. The number of thiazole rings is 1. The Bertz CT molecular complexity index is 1320. The van der Waals surface area contributed by atoms with E-state index in [-0.39, 0.29) is 24.9 Å².